The summed E-state index contributed by atoms with van der Waals surface area (Å²) in [5, 5.41) is 0. The summed E-state index contributed by atoms with van der Waals surface area (Å²) in [5.74, 6) is 6.31. The Kier molecular flexibility index (Phi) is 6.03. The second-order valence-corrected chi connectivity index (χ2v) is 5.32. The van der Waals surface area contributed by atoms with Crippen molar-refractivity contribution in [2.75, 3.05) is 0 Å². The molecule has 21 heavy (non-hydrogen) atoms. The maximum atomic E-state index is 12.4. The van der Waals surface area contributed by atoms with Gasteiger partial charge in [-0.05, 0) is 30.9 Å². The highest BCUT2D eigenvalue weighted by Gasteiger charge is 2.17. The SMILES string of the molecule is CCCCCC#CC1=CCCC(=Cc2ccccc2)C1=O. The predicted octanol–water partition coefficient (Wildman–Crippen LogP) is 4.94. The Morgan fingerprint density at radius 2 is 2.00 bits per heavy atom. The van der Waals surface area contributed by atoms with E-state index in [-0.39, 0.29) is 5.78 Å². The molecule has 0 unspecified atom stereocenters. The van der Waals surface area contributed by atoms with Gasteiger partial charge in [-0.2, -0.15) is 0 Å². The molecule has 108 valence electrons. The van der Waals surface area contributed by atoms with Crippen LogP contribution in [0.15, 0.2) is 47.6 Å². The van der Waals surface area contributed by atoms with Gasteiger partial charge in [-0.1, -0.05) is 68.0 Å². The van der Waals surface area contributed by atoms with Gasteiger partial charge in [-0.25, -0.2) is 0 Å². The molecule has 0 radical (unpaired) electrons. The maximum Gasteiger partial charge on any atom is 0.197 e. The van der Waals surface area contributed by atoms with Crippen molar-refractivity contribution in [3.63, 3.8) is 0 Å². The molecule has 0 atom stereocenters. The van der Waals surface area contributed by atoms with E-state index in [2.05, 4.69) is 18.8 Å². The molecule has 1 aliphatic carbocycles. The Bertz CT molecular complexity index is 594. The number of ketones is 1. The largest absolute Gasteiger partial charge is 0.288 e. The van der Waals surface area contributed by atoms with Crippen LogP contribution >= 0.6 is 0 Å². The number of unbranched alkanes of at least 4 members (excludes halogenated alkanes) is 3. The minimum Gasteiger partial charge on any atom is -0.288 e. The van der Waals surface area contributed by atoms with Gasteiger partial charge in [0.1, 0.15) is 0 Å². The van der Waals surface area contributed by atoms with Gasteiger partial charge in [0.25, 0.3) is 0 Å². The molecule has 1 aliphatic rings. The fourth-order valence-electron chi connectivity index (χ4n) is 2.37. The van der Waals surface area contributed by atoms with Crippen LogP contribution in [0.3, 0.4) is 0 Å². The van der Waals surface area contributed by atoms with Crippen molar-refractivity contribution >= 4 is 11.9 Å². The van der Waals surface area contributed by atoms with Gasteiger partial charge in [0, 0.05) is 12.0 Å². The molecule has 0 aromatic heterocycles. The lowest BCUT2D eigenvalue weighted by molar-refractivity contribution is -0.112. The molecule has 2 rings (SSSR count). The number of hydrogen-bond acceptors (Lipinski definition) is 1. The van der Waals surface area contributed by atoms with Gasteiger partial charge in [-0.15, -0.1) is 0 Å². The van der Waals surface area contributed by atoms with Crippen molar-refractivity contribution in [3.8, 4) is 11.8 Å². The molecule has 0 spiro atoms. The van der Waals surface area contributed by atoms with Crippen molar-refractivity contribution in [2.24, 2.45) is 0 Å². The Hall–Kier alpha value is -2.07. The topological polar surface area (TPSA) is 17.1 Å². The molecule has 1 aromatic rings. The number of allylic oxidation sites excluding steroid dienone is 3. The summed E-state index contributed by atoms with van der Waals surface area (Å²) in [7, 11) is 0. The fourth-order valence-corrected chi connectivity index (χ4v) is 2.37. The van der Waals surface area contributed by atoms with Crippen LogP contribution < -0.4 is 0 Å². The molecule has 0 fully saturated rings. The Morgan fingerprint density at radius 3 is 2.76 bits per heavy atom. The van der Waals surface area contributed by atoms with Crippen LogP contribution in [0.1, 0.15) is 51.0 Å². The Balaban J connectivity index is 2.04. The normalized spacial score (nSPS) is 16.3. The van der Waals surface area contributed by atoms with Crippen LogP contribution in [-0.2, 0) is 4.79 Å². The third kappa shape index (κ3) is 4.76. The molecule has 0 heterocycles. The first-order valence-electron chi connectivity index (χ1n) is 7.80. The summed E-state index contributed by atoms with van der Waals surface area (Å²) in [4.78, 5) is 12.4. The van der Waals surface area contributed by atoms with Crippen molar-refractivity contribution in [1.82, 2.24) is 0 Å². The van der Waals surface area contributed by atoms with Crippen molar-refractivity contribution < 1.29 is 4.79 Å². The van der Waals surface area contributed by atoms with Crippen LogP contribution in [0.5, 0.6) is 0 Å². The van der Waals surface area contributed by atoms with Crippen LogP contribution in [0, 0.1) is 11.8 Å². The lowest BCUT2D eigenvalue weighted by atomic mass is 9.91. The fraction of sp³-hybridized carbons (Fsp3) is 0.350. The van der Waals surface area contributed by atoms with E-state index in [1.54, 1.807) is 0 Å². The van der Waals surface area contributed by atoms with E-state index in [0.29, 0.717) is 5.57 Å². The van der Waals surface area contributed by atoms with E-state index >= 15 is 0 Å². The van der Waals surface area contributed by atoms with E-state index in [9.17, 15) is 4.79 Å². The number of rotatable bonds is 4. The summed E-state index contributed by atoms with van der Waals surface area (Å²) >= 11 is 0. The van der Waals surface area contributed by atoms with Crippen LogP contribution in [0.4, 0.5) is 0 Å². The molecule has 0 amide bonds. The Labute approximate surface area is 127 Å². The van der Waals surface area contributed by atoms with Crippen LogP contribution in [0.25, 0.3) is 6.08 Å². The predicted molar refractivity (Wildman–Crippen MR) is 88.7 cm³/mol. The van der Waals surface area contributed by atoms with Gasteiger partial charge < -0.3 is 0 Å². The molecule has 0 N–H and O–H groups in total. The molecule has 0 saturated heterocycles. The first-order chi connectivity index (χ1) is 10.3. The Morgan fingerprint density at radius 1 is 1.19 bits per heavy atom. The first-order valence-corrected chi connectivity index (χ1v) is 7.80. The molecule has 0 bridgehead atoms. The molecule has 1 nitrogen and oxygen atoms in total. The quantitative estimate of drug-likeness (QED) is 0.433. The summed E-state index contributed by atoms with van der Waals surface area (Å²) in [6.45, 7) is 2.18. The van der Waals surface area contributed by atoms with Crippen LogP contribution in [-0.4, -0.2) is 5.78 Å². The van der Waals surface area contributed by atoms with Crippen molar-refractivity contribution in [3.05, 3.63) is 53.1 Å². The number of hydrogen-bond donors (Lipinski definition) is 0. The molecular formula is C20H22O. The molecule has 1 aromatic carbocycles. The molecule has 1 heteroatoms. The lowest BCUT2D eigenvalue weighted by Crippen LogP contribution is -2.09. The van der Waals surface area contributed by atoms with E-state index in [0.717, 1.165) is 36.8 Å². The number of carbonyl (C=O) groups is 1. The highest BCUT2D eigenvalue weighted by Crippen LogP contribution is 2.22. The van der Waals surface area contributed by atoms with E-state index in [4.69, 9.17) is 0 Å². The van der Waals surface area contributed by atoms with Crippen molar-refractivity contribution in [1.29, 1.82) is 0 Å². The van der Waals surface area contributed by atoms with E-state index in [1.165, 1.54) is 12.8 Å². The maximum absolute atomic E-state index is 12.4. The second kappa shape index (κ2) is 8.27. The van der Waals surface area contributed by atoms with Gasteiger partial charge in [-0.3, -0.25) is 4.79 Å². The van der Waals surface area contributed by atoms with Gasteiger partial charge in [0.05, 0.1) is 5.57 Å². The molecular weight excluding hydrogens is 256 g/mol. The van der Waals surface area contributed by atoms with E-state index in [1.807, 2.05) is 42.5 Å². The summed E-state index contributed by atoms with van der Waals surface area (Å²) in [6.07, 6.45) is 10.1. The third-order valence-corrected chi connectivity index (χ3v) is 3.57. The average Bonchev–Trinajstić information content (AvgIpc) is 2.51. The van der Waals surface area contributed by atoms with Gasteiger partial charge in [0.15, 0.2) is 5.78 Å². The number of Topliss-reactive ketones (excluding diaryl/α,β-unsaturated/α-hetero) is 1. The number of benzene rings is 1. The van der Waals surface area contributed by atoms with Crippen LogP contribution in [0.2, 0.25) is 0 Å². The summed E-state index contributed by atoms with van der Waals surface area (Å²) in [6, 6.07) is 10.0. The zero-order chi connectivity index (χ0) is 14.9. The minimum atomic E-state index is 0.105. The summed E-state index contributed by atoms with van der Waals surface area (Å²) in [5.41, 5.74) is 2.64. The first kappa shape index (κ1) is 15.3. The highest BCUT2D eigenvalue weighted by atomic mass is 16.1. The van der Waals surface area contributed by atoms with Crippen molar-refractivity contribution in [2.45, 2.75) is 45.4 Å². The third-order valence-electron chi connectivity index (χ3n) is 3.57. The standard InChI is InChI=1S/C20H22O/c1-2-3-4-5-9-13-18-14-10-15-19(20(18)21)16-17-11-7-6-8-12-17/h6-8,11-12,14,16H,2-5,10,15H2,1H3. The molecule has 0 aliphatic heterocycles. The monoisotopic (exact) mass is 278 g/mol. The zero-order valence-electron chi connectivity index (χ0n) is 12.7. The lowest BCUT2D eigenvalue weighted by Gasteiger charge is -2.11. The highest BCUT2D eigenvalue weighted by molar-refractivity contribution is 6.14. The average molecular weight is 278 g/mol. The van der Waals surface area contributed by atoms with Gasteiger partial charge >= 0.3 is 0 Å². The van der Waals surface area contributed by atoms with E-state index < -0.39 is 0 Å². The smallest absolute Gasteiger partial charge is 0.197 e. The molecule has 0 saturated carbocycles. The zero-order valence-corrected chi connectivity index (χ0v) is 12.7. The second-order valence-electron chi connectivity index (χ2n) is 5.32. The minimum absolute atomic E-state index is 0.105. The summed E-state index contributed by atoms with van der Waals surface area (Å²) < 4.78 is 0. The van der Waals surface area contributed by atoms with Gasteiger partial charge in [0.2, 0.25) is 0 Å². The number of carbonyl (C=O) groups excluding carboxylic acids is 1.